The molecule has 46 valence electrons. The predicted octanol–water partition coefficient (Wildman–Crippen LogP) is 1.16. The molecule has 0 aliphatic carbocycles. The lowest BCUT2D eigenvalue weighted by molar-refractivity contribution is 0.901. The van der Waals surface area contributed by atoms with Gasteiger partial charge in [-0.25, -0.2) is 0 Å². The van der Waals surface area contributed by atoms with Gasteiger partial charge in [0.15, 0.2) is 0 Å². The minimum Gasteiger partial charge on any atom is -0.313 e. The molecule has 0 heterocycles. The number of hydrazone groups is 1. The first-order chi connectivity index (χ1) is 3.81. The van der Waals surface area contributed by atoms with E-state index in [4.69, 9.17) is 0 Å². The minimum absolute atomic E-state index is 0.995. The topological polar surface area (TPSA) is 24.4 Å². The number of allylic oxidation sites excluding steroid dienone is 2. The summed E-state index contributed by atoms with van der Waals surface area (Å²) in [5.74, 6) is 0. The molecule has 0 saturated heterocycles. The van der Waals surface area contributed by atoms with Crippen molar-refractivity contribution in [2.75, 3.05) is 7.05 Å². The molecule has 1 N–H and O–H groups in total. The van der Waals surface area contributed by atoms with E-state index in [0.29, 0.717) is 0 Å². The summed E-state index contributed by atoms with van der Waals surface area (Å²) in [4.78, 5) is 0. The first-order valence-electron chi connectivity index (χ1n) is 2.65. The summed E-state index contributed by atoms with van der Waals surface area (Å²) in [6, 6.07) is 0. The molecule has 0 aromatic heterocycles. The van der Waals surface area contributed by atoms with Crippen LogP contribution in [-0.2, 0) is 0 Å². The van der Waals surface area contributed by atoms with Crippen LogP contribution in [0.25, 0.3) is 0 Å². The number of nitrogens with one attached hydrogen (secondary N) is 1. The monoisotopic (exact) mass is 112 g/mol. The van der Waals surface area contributed by atoms with Crippen molar-refractivity contribution in [3.05, 3.63) is 12.2 Å². The Kier molecular flexibility index (Phi) is 3.94. The smallest absolute Gasteiger partial charge is 0.0568 e. The van der Waals surface area contributed by atoms with Crippen LogP contribution in [0.4, 0.5) is 0 Å². The summed E-state index contributed by atoms with van der Waals surface area (Å²) in [5.41, 5.74) is 3.68. The largest absolute Gasteiger partial charge is 0.313 e. The van der Waals surface area contributed by atoms with E-state index in [1.807, 2.05) is 26.0 Å². The van der Waals surface area contributed by atoms with Gasteiger partial charge in [-0.05, 0) is 19.9 Å². The third kappa shape index (κ3) is 3.40. The molecule has 0 bridgehead atoms. The summed E-state index contributed by atoms with van der Waals surface area (Å²) >= 11 is 0. The van der Waals surface area contributed by atoms with Gasteiger partial charge in [-0.15, -0.1) is 0 Å². The Hall–Kier alpha value is -0.790. The van der Waals surface area contributed by atoms with Crippen molar-refractivity contribution in [1.82, 2.24) is 5.43 Å². The van der Waals surface area contributed by atoms with E-state index in [1.165, 1.54) is 0 Å². The maximum absolute atomic E-state index is 3.89. The highest BCUT2D eigenvalue weighted by Gasteiger charge is 1.75. The van der Waals surface area contributed by atoms with Gasteiger partial charge in [-0.3, -0.25) is 0 Å². The minimum atomic E-state index is 0.995. The molecule has 2 nitrogen and oxygen atoms in total. The van der Waals surface area contributed by atoms with E-state index in [0.717, 1.165) is 5.71 Å². The van der Waals surface area contributed by atoms with Gasteiger partial charge in [0, 0.05) is 7.05 Å². The second kappa shape index (κ2) is 4.37. The zero-order chi connectivity index (χ0) is 6.41. The fourth-order valence-electron chi connectivity index (χ4n) is 0.455. The van der Waals surface area contributed by atoms with E-state index in [2.05, 4.69) is 10.5 Å². The number of hydrogen-bond acceptors (Lipinski definition) is 2. The standard InChI is InChI=1S/C6H12N2/c1-4-5-6(2)8-7-3/h4-5,7H,1-3H3. The van der Waals surface area contributed by atoms with Crippen molar-refractivity contribution in [3.63, 3.8) is 0 Å². The van der Waals surface area contributed by atoms with E-state index >= 15 is 0 Å². The average Bonchev–Trinajstić information content (AvgIpc) is 1.68. The Bertz CT molecular complexity index is 103. The molecule has 0 rings (SSSR count). The van der Waals surface area contributed by atoms with Crippen molar-refractivity contribution in [1.29, 1.82) is 0 Å². The van der Waals surface area contributed by atoms with Gasteiger partial charge in [0.05, 0.1) is 5.71 Å². The summed E-state index contributed by atoms with van der Waals surface area (Å²) in [6.45, 7) is 3.91. The summed E-state index contributed by atoms with van der Waals surface area (Å²) < 4.78 is 0. The van der Waals surface area contributed by atoms with E-state index < -0.39 is 0 Å². The average molecular weight is 112 g/mol. The van der Waals surface area contributed by atoms with Gasteiger partial charge in [0.2, 0.25) is 0 Å². The molecule has 2 heteroatoms. The van der Waals surface area contributed by atoms with Gasteiger partial charge in [-0.1, -0.05) is 6.08 Å². The van der Waals surface area contributed by atoms with Crippen LogP contribution in [0.5, 0.6) is 0 Å². The van der Waals surface area contributed by atoms with Crippen molar-refractivity contribution in [2.24, 2.45) is 5.10 Å². The van der Waals surface area contributed by atoms with E-state index in [9.17, 15) is 0 Å². The highest BCUT2D eigenvalue weighted by atomic mass is 15.3. The zero-order valence-electron chi connectivity index (χ0n) is 5.60. The summed E-state index contributed by atoms with van der Waals surface area (Å²) in [5, 5.41) is 3.89. The quantitative estimate of drug-likeness (QED) is 0.420. The molecule has 0 fully saturated rings. The maximum atomic E-state index is 3.89. The Morgan fingerprint density at radius 3 is 2.62 bits per heavy atom. The van der Waals surface area contributed by atoms with E-state index in [-0.39, 0.29) is 0 Å². The van der Waals surface area contributed by atoms with Gasteiger partial charge < -0.3 is 5.43 Å². The van der Waals surface area contributed by atoms with Crippen molar-refractivity contribution >= 4 is 5.71 Å². The Morgan fingerprint density at radius 1 is 1.62 bits per heavy atom. The molecule has 0 aromatic rings. The SMILES string of the molecule is CC=CC(C)=NNC. The van der Waals surface area contributed by atoms with Crippen molar-refractivity contribution < 1.29 is 0 Å². The third-order valence-electron chi connectivity index (χ3n) is 0.696. The molecular formula is C6H12N2. The Balaban J connectivity index is 3.61. The first kappa shape index (κ1) is 7.21. The first-order valence-corrected chi connectivity index (χ1v) is 2.65. The molecule has 0 unspecified atom stereocenters. The lowest BCUT2D eigenvalue weighted by Gasteiger charge is -1.87. The van der Waals surface area contributed by atoms with Crippen LogP contribution < -0.4 is 5.43 Å². The van der Waals surface area contributed by atoms with Crippen LogP contribution in [0.2, 0.25) is 0 Å². The zero-order valence-corrected chi connectivity index (χ0v) is 5.60. The second-order valence-corrected chi connectivity index (χ2v) is 1.48. The number of nitrogens with zero attached hydrogens (tertiary/aromatic N) is 1. The molecule has 8 heavy (non-hydrogen) atoms. The maximum Gasteiger partial charge on any atom is 0.0568 e. The fraction of sp³-hybridized carbons (Fsp3) is 0.500. The van der Waals surface area contributed by atoms with Crippen LogP contribution in [0.1, 0.15) is 13.8 Å². The molecular weight excluding hydrogens is 100 g/mol. The van der Waals surface area contributed by atoms with Crippen LogP contribution in [-0.4, -0.2) is 12.8 Å². The lowest BCUT2D eigenvalue weighted by Crippen LogP contribution is -1.98. The molecule has 0 saturated carbocycles. The molecule has 0 aromatic carbocycles. The molecule has 0 aliphatic heterocycles. The van der Waals surface area contributed by atoms with Crippen LogP contribution >= 0.6 is 0 Å². The molecule has 0 radical (unpaired) electrons. The summed E-state index contributed by atoms with van der Waals surface area (Å²) in [7, 11) is 1.78. The Labute approximate surface area is 50.3 Å². The Morgan fingerprint density at radius 2 is 2.25 bits per heavy atom. The predicted molar refractivity (Wildman–Crippen MR) is 37.0 cm³/mol. The number of hydrogen-bond donors (Lipinski definition) is 1. The molecule has 0 spiro atoms. The summed E-state index contributed by atoms with van der Waals surface area (Å²) in [6.07, 6.45) is 3.90. The van der Waals surface area contributed by atoms with Crippen molar-refractivity contribution in [2.45, 2.75) is 13.8 Å². The van der Waals surface area contributed by atoms with Gasteiger partial charge >= 0.3 is 0 Å². The molecule has 0 amide bonds. The van der Waals surface area contributed by atoms with Gasteiger partial charge in [-0.2, -0.15) is 5.10 Å². The third-order valence-corrected chi connectivity index (χ3v) is 0.696. The fourth-order valence-corrected chi connectivity index (χ4v) is 0.455. The molecule has 0 aliphatic rings. The van der Waals surface area contributed by atoms with Gasteiger partial charge in [0.25, 0.3) is 0 Å². The molecule has 0 atom stereocenters. The normalized spacial score (nSPS) is 12.6. The van der Waals surface area contributed by atoms with E-state index in [1.54, 1.807) is 7.05 Å². The van der Waals surface area contributed by atoms with Crippen LogP contribution in [0.15, 0.2) is 17.3 Å². The second-order valence-electron chi connectivity index (χ2n) is 1.48. The van der Waals surface area contributed by atoms with Gasteiger partial charge in [0.1, 0.15) is 0 Å². The lowest BCUT2D eigenvalue weighted by atomic mass is 10.4. The highest BCUT2D eigenvalue weighted by Crippen LogP contribution is 1.75. The highest BCUT2D eigenvalue weighted by molar-refractivity contribution is 5.92. The van der Waals surface area contributed by atoms with Crippen molar-refractivity contribution in [3.8, 4) is 0 Å². The van der Waals surface area contributed by atoms with Crippen LogP contribution in [0, 0.1) is 0 Å². The number of rotatable bonds is 2. The van der Waals surface area contributed by atoms with Crippen LogP contribution in [0.3, 0.4) is 0 Å².